The number of Topliss-reactive ketones (excluding diaryl/α,β-unsaturated/α-hetero) is 1. The number of carbonyl (C=O) groups excluding carboxylic acids is 2. The molecule has 1 saturated heterocycles. The van der Waals surface area contributed by atoms with Crippen LogP contribution < -0.4 is 0 Å². The van der Waals surface area contributed by atoms with E-state index in [-0.39, 0.29) is 17.7 Å². The number of carbonyl (C=O) groups is 2. The van der Waals surface area contributed by atoms with Crippen LogP contribution in [-0.4, -0.2) is 29.4 Å². The fourth-order valence-corrected chi connectivity index (χ4v) is 3.26. The molecule has 1 aromatic carbocycles. The number of rotatable bonds is 2. The highest BCUT2D eigenvalue weighted by atomic mass is 16.6. The maximum Gasteiger partial charge on any atom is 0.411 e. The summed E-state index contributed by atoms with van der Waals surface area (Å²) in [4.78, 5) is 26.3. The summed E-state index contributed by atoms with van der Waals surface area (Å²) in [7, 11) is 0. The summed E-state index contributed by atoms with van der Waals surface area (Å²) in [6.45, 7) is 6.11. The molecule has 4 nitrogen and oxygen atoms in total. The predicted molar refractivity (Wildman–Crippen MR) is 78.7 cm³/mol. The molecular weight excluding hydrogens is 266 g/mol. The molecule has 0 bridgehead atoms. The van der Waals surface area contributed by atoms with Gasteiger partial charge < -0.3 is 4.74 Å². The Bertz CT molecular complexity index is 620. The zero-order valence-corrected chi connectivity index (χ0v) is 12.5. The van der Waals surface area contributed by atoms with Crippen molar-refractivity contribution in [2.24, 2.45) is 5.92 Å². The van der Waals surface area contributed by atoms with E-state index in [1.54, 1.807) is 4.90 Å². The summed E-state index contributed by atoms with van der Waals surface area (Å²) in [5.74, 6) is 0.0779. The molecule has 1 amide bonds. The lowest BCUT2D eigenvalue weighted by molar-refractivity contribution is -0.120. The van der Waals surface area contributed by atoms with Gasteiger partial charge in [0.25, 0.3) is 0 Å². The first-order valence-corrected chi connectivity index (χ1v) is 7.24. The first-order chi connectivity index (χ1) is 10.0. The van der Waals surface area contributed by atoms with E-state index in [0.29, 0.717) is 6.61 Å². The molecule has 110 valence electrons. The molecule has 3 rings (SSSR count). The quantitative estimate of drug-likeness (QED) is 0.838. The first-order valence-electron chi connectivity index (χ1n) is 7.24. The largest absolute Gasteiger partial charge is 0.447 e. The van der Waals surface area contributed by atoms with Gasteiger partial charge in [0.15, 0.2) is 5.78 Å². The number of ketones is 1. The van der Waals surface area contributed by atoms with Gasteiger partial charge in [-0.2, -0.15) is 0 Å². The van der Waals surface area contributed by atoms with Crippen molar-refractivity contribution < 1.29 is 14.3 Å². The molecule has 1 heterocycles. The second-order valence-electron chi connectivity index (χ2n) is 5.82. The van der Waals surface area contributed by atoms with Crippen LogP contribution in [0.5, 0.6) is 0 Å². The fourth-order valence-electron chi connectivity index (χ4n) is 3.26. The third kappa shape index (κ3) is 2.06. The van der Waals surface area contributed by atoms with Crippen LogP contribution in [-0.2, 0) is 9.53 Å². The SMILES string of the molecule is CC1=C(C)[C@H](C)C(N2C(=O)OC[C@@H]2c2ccccc2)C1=O. The van der Waals surface area contributed by atoms with Crippen LogP contribution in [0.25, 0.3) is 0 Å². The standard InChI is InChI=1S/C17H19NO3/c1-10-11(2)15(16(19)12(10)3)18-14(9-21-17(18)20)13-7-5-4-6-8-13/h4-8,11,14-15H,9H2,1-3H3/t11-,14+,15?/m0/s1. The van der Waals surface area contributed by atoms with Gasteiger partial charge in [-0.15, -0.1) is 0 Å². The normalized spacial score (nSPS) is 29.3. The molecule has 3 atom stereocenters. The molecule has 0 aromatic heterocycles. The average molecular weight is 285 g/mol. The summed E-state index contributed by atoms with van der Waals surface area (Å²) >= 11 is 0. The molecule has 0 spiro atoms. The lowest BCUT2D eigenvalue weighted by Crippen LogP contribution is -2.44. The minimum atomic E-state index is -0.440. The van der Waals surface area contributed by atoms with Gasteiger partial charge in [-0.3, -0.25) is 9.69 Å². The monoisotopic (exact) mass is 285 g/mol. The summed E-state index contributed by atoms with van der Waals surface area (Å²) in [5, 5.41) is 0. The topological polar surface area (TPSA) is 46.6 Å². The van der Waals surface area contributed by atoms with Gasteiger partial charge in [-0.25, -0.2) is 4.79 Å². The lowest BCUT2D eigenvalue weighted by Gasteiger charge is -2.30. The third-order valence-electron chi connectivity index (χ3n) is 4.78. The van der Waals surface area contributed by atoms with E-state index < -0.39 is 12.1 Å². The van der Waals surface area contributed by atoms with Crippen molar-refractivity contribution in [3.63, 3.8) is 0 Å². The Morgan fingerprint density at radius 2 is 1.81 bits per heavy atom. The molecule has 0 N–H and O–H groups in total. The molecule has 1 aromatic rings. The van der Waals surface area contributed by atoms with Crippen LogP contribution in [0.15, 0.2) is 41.5 Å². The fraction of sp³-hybridized carbons (Fsp3) is 0.412. The summed E-state index contributed by atoms with van der Waals surface area (Å²) in [6.07, 6.45) is -0.392. The Morgan fingerprint density at radius 3 is 2.38 bits per heavy atom. The molecule has 0 saturated carbocycles. The number of hydrogen-bond donors (Lipinski definition) is 0. The van der Waals surface area contributed by atoms with Gasteiger partial charge in [-0.05, 0) is 25.0 Å². The molecule has 1 unspecified atom stereocenters. The van der Waals surface area contributed by atoms with Gasteiger partial charge in [0.05, 0.1) is 6.04 Å². The average Bonchev–Trinajstić information content (AvgIpc) is 2.95. The highest BCUT2D eigenvalue weighted by molar-refractivity contribution is 6.04. The predicted octanol–water partition coefficient (Wildman–Crippen LogP) is 3.10. The van der Waals surface area contributed by atoms with Crippen LogP contribution in [0.3, 0.4) is 0 Å². The van der Waals surface area contributed by atoms with Crippen molar-refractivity contribution >= 4 is 11.9 Å². The Labute approximate surface area is 124 Å². The minimum absolute atomic E-state index is 0.0364. The van der Waals surface area contributed by atoms with Crippen molar-refractivity contribution in [1.29, 1.82) is 0 Å². The molecule has 4 heteroatoms. The van der Waals surface area contributed by atoms with Crippen LogP contribution in [0.1, 0.15) is 32.4 Å². The van der Waals surface area contributed by atoms with E-state index in [2.05, 4.69) is 0 Å². The van der Waals surface area contributed by atoms with Gasteiger partial charge in [0.1, 0.15) is 12.6 Å². The van der Waals surface area contributed by atoms with E-state index in [1.807, 2.05) is 51.1 Å². The molecule has 1 fully saturated rings. The maximum atomic E-state index is 12.5. The van der Waals surface area contributed by atoms with E-state index in [4.69, 9.17) is 4.74 Å². The van der Waals surface area contributed by atoms with Crippen molar-refractivity contribution in [1.82, 2.24) is 4.90 Å². The van der Waals surface area contributed by atoms with Crippen molar-refractivity contribution in [3.8, 4) is 0 Å². The second-order valence-corrected chi connectivity index (χ2v) is 5.82. The highest BCUT2D eigenvalue weighted by Crippen LogP contribution is 2.39. The van der Waals surface area contributed by atoms with Gasteiger partial charge in [0, 0.05) is 5.92 Å². The van der Waals surface area contributed by atoms with Crippen molar-refractivity contribution in [3.05, 3.63) is 47.0 Å². The minimum Gasteiger partial charge on any atom is -0.447 e. The van der Waals surface area contributed by atoms with Gasteiger partial charge in [-0.1, -0.05) is 42.8 Å². The van der Waals surface area contributed by atoms with E-state index in [0.717, 1.165) is 16.7 Å². The highest BCUT2D eigenvalue weighted by Gasteiger charge is 2.48. The zero-order valence-electron chi connectivity index (χ0n) is 12.5. The third-order valence-corrected chi connectivity index (χ3v) is 4.78. The van der Waals surface area contributed by atoms with Crippen LogP contribution in [0.4, 0.5) is 4.79 Å². The maximum absolute atomic E-state index is 12.5. The number of amides is 1. The first kappa shape index (κ1) is 13.9. The molecular formula is C17H19NO3. The van der Waals surface area contributed by atoms with Gasteiger partial charge in [0.2, 0.25) is 0 Å². The Morgan fingerprint density at radius 1 is 1.14 bits per heavy atom. The van der Waals surface area contributed by atoms with E-state index in [1.165, 1.54) is 0 Å². The number of cyclic esters (lactones) is 1. The second kappa shape index (κ2) is 5.02. The molecule has 1 aliphatic carbocycles. The van der Waals surface area contributed by atoms with Crippen LogP contribution in [0.2, 0.25) is 0 Å². The Kier molecular flexibility index (Phi) is 3.32. The lowest BCUT2D eigenvalue weighted by atomic mass is 9.96. The number of hydrogen-bond acceptors (Lipinski definition) is 3. The smallest absolute Gasteiger partial charge is 0.411 e. The molecule has 21 heavy (non-hydrogen) atoms. The van der Waals surface area contributed by atoms with E-state index in [9.17, 15) is 9.59 Å². The number of benzene rings is 1. The summed E-state index contributed by atoms with van der Waals surface area (Å²) in [5.41, 5.74) is 2.85. The van der Waals surface area contributed by atoms with Crippen LogP contribution >= 0.6 is 0 Å². The zero-order chi connectivity index (χ0) is 15.1. The van der Waals surface area contributed by atoms with E-state index >= 15 is 0 Å². The summed E-state index contributed by atoms with van der Waals surface area (Å²) in [6, 6.07) is 9.12. The number of nitrogens with zero attached hydrogens (tertiary/aromatic N) is 1. The molecule has 1 aliphatic heterocycles. The molecule has 2 aliphatic rings. The Balaban J connectivity index is 1.97. The Hall–Kier alpha value is -2.10. The van der Waals surface area contributed by atoms with Crippen molar-refractivity contribution in [2.75, 3.05) is 6.61 Å². The van der Waals surface area contributed by atoms with Crippen LogP contribution in [0, 0.1) is 5.92 Å². The van der Waals surface area contributed by atoms with Crippen molar-refractivity contribution in [2.45, 2.75) is 32.9 Å². The summed E-state index contributed by atoms with van der Waals surface area (Å²) < 4.78 is 5.23. The molecule has 0 radical (unpaired) electrons. The number of ether oxygens (including phenoxy) is 1. The van der Waals surface area contributed by atoms with Gasteiger partial charge >= 0.3 is 6.09 Å².